The first kappa shape index (κ1) is 14.9. The molecule has 0 saturated carbocycles. The van der Waals surface area contributed by atoms with Crippen molar-refractivity contribution in [3.8, 4) is 5.75 Å². The Morgan fingerprint density at radius 2 is 2.14 bits per heavy atom. The fraction of sp³-hybridized carbons (Fsp3) is 0.0769. The molecular formula is C13H9BrN2O5. The van der Waals surface area contributed by atoms with Crippen molar-refractivity contribution in [3.63, 3.8) is 0 Å². The summed E-state index contributed by atoms with van der Waals surface area (Å²) in [5.41, 5.74) is 0.176. The minimum Gasteiger partial charge on any atom is -0.488 e. The molecule has 8 heteroatoms. The molecule has 0 aliphatic heterocycles. The molecule has 1 heterocycles. The van der Waals surface area contributed by atoms with Crippen molar-refractivity contribution in [3.05, 3.63) is 62.4 Å². The second-order valence-electron chi connectivity index (χ2n) is 4.04. The number of carbonyl (C=O) groups is 1. The van der Waals surface area contributed by atoms with Gasteiger partial charge in [0.05, 0.1) is 4.92 Å². The molecule has 0 atom stereocenters. The molecule has 0 saturated heterocycles. The van der Waals surface area contributed by atoms with Crippen LogP contribution in [0, 0.1) is 10.1 Å². The largest absolute Gasteiger partial charge is 0.488 e. The van der Waals surface area contributed by atoms with Gasteiger partial charge >= 0.3 is 5.97 Å². The van der Waals surface area contributed by atoms with Crippen molar-refractivity contribution in [2.75, 3.05) is 0 Å². The van der Waals surface area contributed by atoms with E-state index in [2.05, 4.69) is 20.9 Å². The maximum Gasteiger partial charge on any atom is 0.339 e. The zero-order valence-corrected chi connectivity index (χ0v) is 12.1. The third kappa shape index (κ3) is 3.76. The Bertz CT molecular complexity index is 705. The van der Waals surface area contributed by atoms with Crippen LogP contribution in [0.4, 0.5) is 5.69 Å². The van der Waals surface area contributed by atoms with Crippen LogP contribution in [0.15, 0.2) is 41.1 Å². The summed E-state index contributed by atoms with van der Waals surface area (Å²) in [6, 6.07) is 5.21. The van der Waals surface area contributed by atoms with E-state index in [0.717, 1.165) is 16.1 Å². The van der Waals surface area contributed by atoms with Crippen LogP contribution in [-0.2, 0) is 6.61 Å². The van der Waals surface area contributed by atoms with Crippen molar-refractivity contribution in [1.29, 1.82) is 0 Å². The number of aromatic nitrogens is 1. The number of halogens is 1. The molecule has 0 aliphatic carbocycles. The zero-order valence-electron chi connectivity index (χ0n) is 10.5. The monoisotopic (exact) mass is 352 g/mol. The highest BCUT2D eigenvalue weighted by atomic mass is 79.9. The molecule has 108 valence electrons. The molecule has 0 fully saturated rings. The number of benzene rings is 1. The molecule has 1 aromatic carbocycles. The molecule has 1 aromatic heterocycles. The number of carboxylic acid groups (broad SMARTS) is 1. The molecule has 0 bridgehead atoms. The van der Waals surface area contributed by atoms with Gasteiger partial charge in [-0.3, -0.25) is 15.1 Å². The molecule has 0 amide bonds. The van der Waals surface area contributed by atoms with Crippen molar-refractivity contribution < 1.29 is 19.6 Å². The van der Waals surface area contributed by atoms with E-state index in [1.807, 2.05) is 0 Å². The number of ether oxygens (including phenoxy) is 1. The van der Waals surface area contributed by atoms with E-state index in [1.54, 1.807) is 18.5 Å². The van der Waals surface area contributed by atoms with Crippen LogP contribution in [0.5, 0.6) is 5.75 Å². The predicted octanol–water partition coefficient (Wildman–Crippen LogP) is 3.03. The molecule has 0 spiro atoms. The number of hydrogen-bond acceptors (Lipinski definition) is 5. The lowest BCUT2D eigenvalue weighted by Crippen LogP contribution is -2.04. The van der Waals surface area contributed by atoms with E-state index in [4.69, 9.17) is 9.84 Å². The first-order valence-corrected chi connectivity index (χ1v) is 6.50. The van der Waals surface area contributed by atoms with Gasteiger partial charge in [-0.1, -0.05) is 0 Å². The van der Waals surface area contributed by atoms with E-state index in [-0.39, 0.29) is 23.6 Å². The van der Waals surface area contributed by atoms with Crippen molar-refractivity contribution in [2.45, 2.75) is 6.61 Å². The fourth-order valence-electron chi connectivity index (χ4n) is 1.62. The predicted molar refractivity (Wildman–Crippen MR) is 76.3 cm³/mol. The van der Waals surface area contributed by atoms with Gasteiger partial charge in [0.1, 0.15) is 17.9 Å². The van der Waals surface area contributed by atoms with Crippen LogP contribution in [-0.4, -0.2) is 21.0 Å². The summed E-state index contributed by atoms with van der Waals surface area (Å²) < 4.78 is 6.18. The molecule has 2 rings (SSSR count). The van der Waals surface area contributed by atoms with Gasteiger partial charge in [-0.25, -0.2) is 4.79 Å². The van der Waals surface area contributed by atoms with Gasteiger partial charge in [0, 0.05) is 34.6 Å². The molecule has 0 unspecified atom stereocenters. The summed E-state index contributed by atoms with van der Waals surface area (Å²) >= 11 is 3.26. The van der Waals surface area contributed by atoms with Crippen LogP contribution in [0.25, 0.3) is 0 Å². The number of pyridine rings is 1. The Kier molecular flexibility index (Phi) is 4.49. The summed E-state index contributed by atoms with van der Waals surface area (Å²) in [7, 11) is 0. The number of nitro benzene ring substituents is 1. The maximum absolute atomic E-state index is 11.1. The number of rotatable bonds is 5. The number of hydrogen-bond donors (Lipinski definition) is 1. The van der Waals surface area contributed by atoms with Gasteiger partial charge in [-0.15, -0.1) is 0 Å². The minimum absolute atomic E-state index is 0.0630. The number of aromatic carboxylic acids is 1. The smallest absolute Gasteiger partial charge is 0.339 e. The topological polar surface area (TPSA) is 103 Å². The number of nitrogens with zero attached hydrogens (tertiary/aromatic N) is 2. The Balaban J connectivity index is 2.23. The highest BCUT2D eigenvalue weighted by molar-refractivity contribution is 9.10. The number of nitro groups is 1. The number of non-ortho nitro benzene ring substituents is 1. The van der Waals surface area contributed by atoms with Gasteiger partial charge in [-0.2, -0.15) is 0 Å². The average molecular weight is 353 g/mol. The summed E-state index contributed by atoms with van der Waals surface area (Å²) in [5.74, 6) is -1.23. The van der Waals surface area contributed by atoms with E-state index in [0.29, 0.717) is 0 Å². The quantitative estimate of drug-likeness (QED) is 0.655. The Hall–Kier alpha value is -2.48. The van der Waals surface area contributed by atoms with Crippen molar-refractivity contribution in [1.82, 2.24) is 4.98 Å². The molecule has 7 nitrogen and oxygen atoms in total. The first-order valence-electron chi connectivity index (χ1n) is 5.71. The first-order chi connectivity index (χ1) is 9.97. The number of carboxylic acids is 1. The lowest BCUT2D eigenvalue weighted by molar-refractivity contribution is -0.384. The lowest BCUT2D eigenvalue weighted by atomic mass is 10.2. The third-order valence-corrected chi connectivity index (χ3v) is 2.99. The van der Waals surface area contributed by atoms with E-state index in [9.17, 15) is 14.9 Å². The normalized spacial score (nSPS) is 10.1. The third-order valence-electron chi connectivity index (χ3n) is 2.56. The second-order valence-corrected chi connectivity index (χ2v) is 4.96. The van der Waals surface area contributed by atoms with Crippen LogP contribution in [0.1, 0.15) is 15.9 Å². The van der Waals surface area contributed by atoms with Crippen molar-refractivity contribution in [2.24, 2.45) is 0 Å². The summed E-state index contributed by atoms with van der Waals surface area (Å²) in [4.78, 5) is 25.1. The highest BCUT2D eigenvalue weighted by Crippen LogP contribution is 2.25. The van der Waals surface area contributed by atoms with Crippen LogP contribution >= 0.6 is 15.9 Å². The van der Waals surface area contributed by atoms with E-state index in [1.165, 1.54) is 12.1 Å². The van der Waals surface area contributed by atoms with Gasteiger partial charge in [0.25, 0.3) is 5.69 Å². The molecule has 21 heavy (non-hydrogen) atoms. The van der Waals surface area contributed by atoms with Gasteiger partial charge in [0.2, 0.25) is 0 Å². The minimum atomic E-state index is -1.29. The molecule has 1 N–H and O–H groups in total. The van der Waals surface area contributed by atoms with E-state index < -0.39 is 10.9 Å². The fourth-order valence-corrected chi connectivity index (χ4v) is 2.03. The van der Waals surface area contributed by atoms with Crippen LogP contribution in [0.2, 0.25) is 0 Å². The van der Waals surface area contributed by atoms with Gasteiger partial charge < -0.3 is 9.84 Å². The Labute approximate surface area is 127 Å². The molecular weight excluding hydrogens is 344 g/mol. The SMILES string of the molecule is O=C(O)c1cc([N+](=O)[O-])ccc1OCc1cncc(Br)c1. The van der Waals surface area contributed by atoms with Crippen LogP contribution < -0.4 is 4.74 Å². The Morgan fingerprint density at radius 1 is 1.38 bits per heavy atom. The standard InChI is InChI=1S/C13H9BrN2O5/c14-9-3-8(5-15-6-9)7-21-12-2-1-10(16(19)20)4-11(12)13(17)18/h1-6H,7H2,(H,17,18). The molecule has 0 aliphatic rings. The Morgan fingerprint density at radius 3 is 2.76 bits per heavy atom. The lowest BCUT2D eigenvalue weighted by Gasteiger charge is -2.09. The zero-order chi connectivity index (χ0) is 15.4. The van der Waals surface area contributed by atoms with E-state index >= 15 is 0 Å². The summed E-state index contributed by atoms with van der Waals surface area (Å²) in [5, 5.41) is 19.8. The summed E-state index contributed by atoms with van der Waals surface area (Å²) in [6.45, 7) is 0.102. The highest BCUT2D eigenvalue weighted by Gasteiger charge is 2.17. The van der Waals surface area contributed by atoms with Gasteiger partial charge in [0.15, 0.2) is 0 Å². The molecule has 0 radical (unpaired) electrons. The maximum atomic E-state index is 11.1. The summed E-state index contributed by atoms with van der Waals surface area (Å²) in [6.07, 6.45) is 3.19. The molecule has 2 aromatic rings. The second kappa shape index (κ2) is 6.31. The van der Waals surface area contributed by atoms with Crippen molar-refractivity contribution >= 4 is 27.6 Å². The van der Waals surface area contributed by atoms with Crippen LogP contribution in [0.3, 0.4) is 0 Å². The average Bonchev–Trinajstić information content (AvgIpc) is 2.44. The van der Waals surface area contributed by atoms with Gasteiger partial charge in [-0.05, 0) is 28.1 Å².